The Hall–Kier alpha value is -1.36. The van der Waals surface area contributed by atoms with Crippen LogP contribution in [-0.2, 0) is 6.42 Å². The van der Waals surface area contributed by atoms with Gasteiger partial charge in [-0.05, 0) is 12.8 Å². The molecule has 0 atom stereocenters. The highest BCUT2D eigenvalue weighted by Gasteiger charge is 2.08. The second-order valence-corrected chi connectivity index (χ2v) is 3.37. The Balaban J connectivity index is 2.90. The van der Waals surface area contributed by atoms with E-state index in [-0.39, 0.29) is 0 Å². The largest absolute Gasteiger partial charge is 0.370 e. The smallest absolute Gasteiger partial charge is 0.148 e. The van der Waals surface area contributed by atoms with Gasteiger partial charge in [0.05, 0.1) is 0 Å². The molecule has 1 rings (SSSR count). The van der Waals surface area contributed by atoms with Gasteiger partial charge in [-0.3, -0.25) is 0 Å². The number of hydrogen-bond acceptors (Lipinski definition) is 5. The Bertz CT molecular complexity index is 300. The van der Waals surface area contributed by atoms with Crippen molar-refractivity contribution in [3.05, 3.63) is 11.9 Å². The van der Waals surface area contributed by atoms with Gasteiger partial charge in [0.1, 0.15) is 18.0 Å². The maximum Gasteiger partial charge on any atom is 0.148 e. The summed E-state index contributed by atoms with van der Waals surface area (Å²) >= 11 is 0. The summed E-state index contributed by atoms with van der Waals surface area (Å²) in [5, 5.41) is 3.28. The minimum Gasteiger partial charge on any atom is -0.370 e. The van der Waals surface area contributed by atoms with Crippen molar-refractivity contribution in [1.29, 1.82) is 0 Å². The van der Waals surface area contributed by atoms with E-state index in [1.165, 1.54) is 6.33 Å². The average molecular weight is 209 g/mol. The van der Waals surface area contributed by atoms with E-state index in [0.29, 0.717) is 5.82 Å². The third-order valence-electron chi connectivity index (χ3n) is 2.12. The van der Waals surface area contributed by atoms with E-state index >= 15 is 0 Å². The summed E-state index contributed by atoms with van der Waals surface area (Å²) in [4.78, 5) is 8.32. The molecule has 5 nitrogen and oxygen atoms in total. The molecule has 0 saturated heterocycles. The molecule has 0 aliphatic carbocycles. The van der Waals surface area contributed by atoms with E-state index in [2.05, 4.69) is 34.6 Å². The third-order valence-corrected chi connectivity index (χ3v) is 2.12. The SMILES string of the molecule is CCCNc1ncnc(NN)c1CCC. The number of nitrogens with one attached hydrogen (secondary N) is 2. The second-order valence-electron chi connectivity index (χ2n) is 3.37. The lowest BCUT2D eigenvalue weighted by Gasteiger charge is -2.12. The van der Waals surface area contributed by atoms with Gasteiger partial charge in [0, 0.05) is 12.1 Å². The van der Waals surface area contributed by atoms with Crippen LogP contribution < -0.4 is 16.6 Å². The molecule has 15 heavy (non-hydrogen) atoms. The van der Waals surface area contributed by atoms with Crippen LogP contribution in [0.2, 0.25) is 0 Å². The quantitative estimate of drug-likeness (QED) is 0.489. The van der Waals surface area contributed by atoms with Gasteiger partial charge in [-0.25, -0.2) is 15.8 Å². The Morgan fingerprint density at radius 1 is 1.20 bits per heavy atom. The van der Waals surface area contributed by atoms with E-state index in [9.17, 15) is 0 Å². The highest BCUT2D eigenvalue weighted by atomic mass is 15.3. The molecular weight excluding hydrogens is 190 g/mol. The molecule has 0 aliphatic heterocycles. The molecule has 0 aliphatic rings. The van der Waals surface area contributed by atoms with Crippen molar-refractivity contribution >= 4 is 11.6 Å². The zero-order valence-electron chi connectivity index (χ0n) is 9.38. The number of nitrogens with two attached hydrogens (primary N) is 1. The lowest BCUT2D eigenvalue weighted by Crippen LogP contribution is -2.14. The molecule has 1 aromatic heterocycles. The van der Waals surface area contributed by atoms with Gasteiger partial charge < -0.3 is 10.7 Å². The van der Waals surface area contributed by atoms with Gasteiger partial charge >= 0.3 is 0 Å². The van der Waals surface area contributed by atoms with E-state index < -0.39 is 0 Å². The van der Waals surface area contributed by atoms with Crippen LogP contribution >= 0.6 is 0 Å². The minimum atomic E-state index is 0.713. The zero-order valence-corrected chi connectivity index (χ0v) is 9.38. The lowest BCUT2D eigenvalue weighted by atomic mass is 10.1. The van der Waals surface area contributed by atoms with Crippen molar-refractivity contribution < 1.29 is 0 Å². The van der Waals surface area contributed by atoms with Gasteiger partial charge in [0.2, 0.25) is 0 Å². The van der Waals surface area contributed by atoms with E-state index in [4.69, 9.17) is 5.84 Å². The molecule has 5 heteroatoms. The van der Waals surface area contributed by atoms with Crippen molar-refractivity contribution in [3.63, 3.8) is 0 Å². The standard InChI is InChI=1S/C10H19N5/c1-3-5-8-9(12-6-4-2)13-7-14-10(8)15-11/h7H,3-6,11H2,1-2H3,(H2,12,13,14,15). The van der Waals surface area contributed by atoms with Crippen LogP contribution in [0.25, 0.3) is 0 Å². The van der Waals surface area contributed by atoms with Gasteiger partial charge in [-0.15, -0.1) is 0 Å². The molecule has 4 N–H and O–H groups in total. The molecule has 1 aromatic rings. The normalized spacial score (nSPS) is 10.1. The molecule has 0 bridgehead atoms. The Kier molecular flexibility index (Phi) is 4.83. The first-order chi connectivity index (χ1) is 7.33. The second kappa shape index (κ2) is 6.19. The Morgan fingerprint density at radius 3 is 2.53 bits per heavy atom. The molecule has 1 heterocycles. The number of hydrogen-bond donors (Lipinski definition) is 3. The fraction of sp³-hybridized carbons (Fsp3) is 0.600. The maximum absolute atomic E-state index is 5.41. The highest BCUT2D eigenvalue weighted by Crippen LogP contribution is 2.20. The molecule has 0 aromatic carbocycles. The maximum atomic E-state index is 5.41. The number of nitrogen functional groups attached to an aromatic ring is 1. The molecular formula is C10H19N5. The number of aromatic nitrogens is 2. The van der Waals surface area contributed by atoms with Crippen molar-refractivity contribution in [2.24, 2.45) is 5.84 Å². The fourth-order valence-electron chi connectivity index (χ4n) is 1.42. The van der Waals surface area contributed by atoms with Gasteiger partial charge in [0.15, 0.2) is 0 Å². The fourth-order valence-corrected chi connectivity index (χ4v) is 1.42. The monoisotopic (exact) mass is 209 g/mol. The van der Waals surface area contributed by atoms with Crippen LogP contribution in [0.5, 0.6) is 0 Å². The molecule has 0 radical (unpaired) electrons. The zero-order chi connectivity index (χ0) is 11.1. The van der Waals surface area contributed by atoms with Crippen LogP contribution in [-0.4, -0.2) is 16.5 Å². The van der Waals surface area contributed by atoms with Crippen molar-refractivity contribution in [3.8, 4) is 0 Å². The summed E-state index contributed by atoms with van der Waals surface area (Å²) in [6, 6.07) is 0. The molecule has 0 amide bonds. The Morgan fingerprint density at radius 2 is 1.93 bits per heavy atom. The molecule has 0 saturated carbocycles. The molecule has 0 unspecified atom stereocenters. The number of nitrogens with zero attached hydrogens (tertiary/aromatic N) is 2. The predicted molar refractivity (Wildman–Crippen MR) is 62.6 cm³/mol. The van der Waals surface area contributed by atoms with Gasteiger partial charge in [-0.1, -0.05) is 20.3 Å². The molecule has 84 valence electrons. The summed E-state index contributed by atoms with van der Waals surface area (Å²) in [5.41, 5.74) is 3.67. The minimum absolute atomic E-state index is 0.713. The predicted octanol–water partition coefficient (Wildman–Crippen LogP) is 1.54. The third kappa shape index (κ3) is 3.06. The van der Waals surface area contributed by atoms with E-state index in [1.54, 1.807) is 0 Å². The van der Waals surface area contributed by atoms with Gasteiger partial charge in [0.25, 0.3) is 0 Å². The van der Waals surface area contributed by atoms with Gasteiger partial charge in [-0.2, -0.15) is 0 Å². The Labute approximate surface area is 90.5 Å². The van der Waals surface area contributed by atoms with Crippen LogP contribution in [0.1, 0.15) is 32.3 Å². The first-order valence-corrected chi connectivity index (χ1v) is 5.37. The van der Waals surface area contributed by atoms with Crippen LogP contribution in [0.4, 0.5) is 11.6 Å². The van der Waals surface area contributed by atoms with Crippen LogP contribution in [0, 0.1) is 0 Å². The molecule has 0 fully saturated rings. The highest BCUT2D eigenvalue weighted by molar-refractivity contribution is 5.56. The summed E-state index contributed by atoms with van der Waals surface area (Å²) in [6.45, 7) is 5.16. The summed E-state index contributed by atoms with van der Waals surface area (Å²) < 4.78 is 0. The number of hydrazine groups is 1. The van der Waals surface area contributed by atoms with E-state index in [1.807, 2.05) is 0 Å². The number of rotatable bonds is 6. The van der Waals surface area contributed by atoms with Crippen LogP contribution in [0.3, 0.4) is 0 Å². The topological polar surface area (TPSA) is 75.9 Å². The number of anilines is 2. The lowest BCUT2D eigenvalue weighted by molar-refractivity contribution is 0.889. The first-order valence-electron chi connectivity index (χ1n) is 5.37. The van der Waals surface area contributed by atoms with E-state index in [0.717, 1.165) is 37.2 Å². The average Bonchev–Trinajstić information content (AvgIpc) is 2.28. The van der Waals surface area contributed by atoms with Crippen molar-refractivity contribution in [2.45, 2.75) is 33.1 Å². The summed E-state index contributed by atoms with van der Waals surface area (Å²) in [6.07, 6.45) is 4.56. The summed E-state index contributed by atoms with van der Waals surface area (Å²) in [7, 11) is 0. The summed E-state index contributed by atoms with van der Waals surface area (Å²) in [5.74, 6) is 7.01. The first kappa shape index (κ1) is 11.7. The van der Waals surface area contributed by atoms with Crippen molar-refractivity contribution in [2.75, 3.05) is 17.3 Å². The van der Waals surface area contributed by atoms with Crippen LogP contribution in [0.15, 0.2) is 6.33 Å². The molecule has 0 spiro atoms. The van der Waals surface area contributed by atoms with Crippen molar-refractivity contribution in [1.82, 2.24) is 9.97 Å².